The first-order valence-electron chi connectivity index (χ1n) is 8.86. The van der Waals surface area contributed by atoms with Crippen LogP contribution in [0, 0.1) is 0 Å². The summed E-state index contributed by atoms with van der Waals surface area (Å²) in [6.07, 6.45) is 2.05. The minimum atomic E-state index is -0.546. The monoisotopic (exact) mass is 371 g/mol. The Bertz CT molecular complexity index is 788. The van der Waals surface area contributed by atoms with Crippen LogP contribution in [0.5, 0.6) is 11.5 Å². The third-order valence-electron chi connectivity index (χ3n) is 4.04. The lowest BCUT2D eigenvalue weighted by Gasteiger charge is -2.12. The summed E-state index contributed by atoms with van der Waals surface area (Å²) in [5.74, 6) is 0.0548. The van der Waals surface area contributed by atoms with Crippen LogP contribution < -0.4 is 14.8 Å². The first-order valence-corrected chi connectivity index (χ1v) is 8.86. The van der Waals surface area contributed by atoms with E-state index in [1.165, 1.54) is 14.2 Å². The fraction of sp³-hybridized carbons (Fsp3) is 0.333. The van der Waals surface area contributed by atoms with E-state index in [1.807, 2.05) is 12.1 Å². The van der Waals surface area contributed by atoms with Crippen molar-refractivity contribution >= 4 is 17.4 Å². The Hall–Kier alpha value is -3.02. The largest absolute Gasteiger partial charge is 0.497 e. The summed E-state index contributed by atoms with van der Waals surface area (Å²) < 4.78 is 15.6. The Morgan fingerprint density at radius 3 is 2.48 bits per heavy atom. The Kier molecular flexibility index (Phi) is 7.67. The second-order valence-electron chi connectivity index (χ2n) is 5.89. The molecule has 6 nitrogen and oxygen atoms in total. The maximum absolute atomic E-state index is 12.4. The van der Waals surface area contributed by atoms with E-state index in [0.29, 0.717) is 28.3 Å². The van der Waals surface area contributed by atoms with Gasteiger partial charge in [-0.15, -0.1) is 0 Å². The number of ether oxygens (including phenoxy) is 3. The van der Waals surface area contributed by atoms with Crippen LogP contribution >= 0.6 is 0 Å². The molecule has 0 heterocycles. The smallest absolute Gasteiger partial charge is 0.340 e. The van der Waals surface area contributed by atoms with Gasteiger partial charge < -0.3 is 19.5 Å². The number of hydrogen-bond acceptors (Lipinski definition) is 6. The Morgan fingerprint density at radius 2 is 1.78 bits per heavy atom. The van der Waals surface area contributed by atoms with E-state index in [-0.39, 0.29) is 12.4 Å². The van der Waals surface area contributed by atoms with Gasteiger partial charge in [-0.1, -0.05) is 25.5 Å². The number of methoxy groups -OCH3 is 2. The Balaban J connectivity index is 2.04. The van der Waals surface area contributed by atoms with Crippen LogP contribution in [0.1, 0.15) is 40.5 Å². The van der Waals surface area contributed by atoms with E-state index in [9.17, 15) is 9.59 Å². The third-order valence-corrected chi connectivity index (χ3v) is 4.04. The van der Waals surface area contributed by atoms with Gasteiger partial charge in [0.1, 0.15) is 11.5 Å². The minimum absolute atomic E-state index is 0.334. The number of esters is 1. The molecule has 2 aromatic rings. The molecule has 0 radical (unpaired) electrons. The number of unbranched alkanes of at least 4 members (excludes halogenated alkanes) is 1. The zero-order valence-corrected chi connectivity index (χ0v) is 15.9. The number of rotatable bonds is 10. The first kappa shape index (κ1) is 20.3. The number of carbonyl (C=O) groups excluding carboxylic acids is 2. The van der Waals surface area contributed by atoms with E-state index >= 15 is 0 Å². The molecule has 0 aromatic heterocycles. The highest BCUT2D eigenvalue weighted by Gasteiger charge is 2.18. The highest BCUT2D eigenvalue weighted by Crippen LogP contribution is 2.25. The molecule has 0 fully saturated rings. The number of benzene rings is 2. The van der Waals surface area contributed by atoms with Crippen LogP contribution in [0.15, 0.2) is 42.5 Å². The fourth-order valence-corrected chi connectivity index (χ4v) is 2.53. The highest BCUT2D eigenvalue weighted by atomic mass is 16.5. The predicted molar refractivity (Wildman–Crippen MR) is 104 cm³/mol. The molecule has 0 amide bonds. The number of ketones is 1. The summed E-state index contributed by atoms with van der Waals surface area (Å²) in [6.45, 7) is 2.49. The molecule has 0 saturated carbocycles. The van der Waals surface area contributed by atoms with Gasteiger partial charge in [0, 0.05) is 18.3 Å². The lowest BCUT2D eigenvalue weighted by molar-refractivity contribution is 0.0475. The molecule has 6 heteroatoms. The molecule has 144 valence electrons. The van der Waals surface area contributed by atoms with Gasteiger partial charge in [-0.3, -0.25) is 4.79 Å². The van der Waals surface area contributed by atoms with Gasteiger partial charge in [0.05, 0.1) is 25.3 Å². The van der Waals surface area contributed by atoms with Crippen molar-refractivity contribution in [3.63, 3.8) is 0 Å². The molecule has 27 heavy (non-hydrogen) atoms. The van der Waals surface area contributed by atoms with Crippen molar-refractivity contribution in [1.82, 2.24) is 0 Å². The number of nitrogens with one attached hydrogen (secondary N) is 1. The third kappa shape index (κ3) is 5.48. The van der Waals surface area contributed by atoms with Crippen LogP contribution in [0.3, 0.4) is 0 Å². The lowest BCUT2D eigenvalue weighted by atomic mass is 10.1. The van der Waals surface area contributed by atoms with Crippen molar-refractivity contribution in [2.24, 2.45) is 0 Å². The van der Waals surface area contributed by atoms with Crippen molar-refractivity contribution in [1.29, 1.82) is 0 Å². The minimum Gasteiger partial charge on any atom is -0.497 e. The SMILES string of the molecule is CCCCNc1ccccc1C(=O)OCC(=O)c1ccc(OC)cc1OC. The molecule has 0 spiro atoms. The summed E-state index contributed by atoms with van der Waals surface area (Å²) in [4.78, 5) is 24.9. The second-order valence-corrected chi connectivity index (χ2v) is 5.89. The van der Waals surface area contributed by atoms with Crippen LogP contribution in [-0.2, 0) is 4.74 Å². The van der Waals surface area contributed by atoms with Gasteiger partial charge in [-0.2, -0.15) is 0 Å². The second kappa shape index (κ2) is 10.2. The van der Waals surface area contributed by atoms with E-state index in [2.05, 4.69) is 12.2 Å². The molecule has 1 N–H and O–H groups in total. The maximum atomic E-state index is 12.4. The zero-order chi connectivity index (χ0) is 19.6. The van der Waals surface area contributed by atoms with Gasteiger partial charge in [0.2, 0.25) is 5.78 Å². The first-order chi connectivity index (χ1) is 13.1. The van der Waals surface area contributed by atoms with Crippen molar-refractivity contribution < 1.29 is 23.8 Å². The van der Waals surface area contributed by atoms with Gasteiger partial charge in [0.15, 0.2) is 6.61 Å². The fourth-order valence-electron chi connectivity index (χ4n) is 2.53. The number of anilines is 1. The summed E-state index contributed by atoms with van der Waals surface area (Å²) >= 11 is 0. The van der Waals surface area contributed by atoms with E-state index < -0.39 is 5.97 Å². The predicted octanol–water partition coefficient (Wildman–Crippen LogP) is 3.96. The summed E-state index contributed by atoms with van der Waals surface area (Å²) in [5.41, 5.74) is 1.44. The average Bonchev–Trinajstić information content (AvgIpc) is 2.71. The molecule has 0 saturated heterocycles. The van der Waals surface area contributed by atoms with Crippen molar-refractivity contribution in [2.75, 3.05) is 32.7 Å². The maximum Gasteiger partial charge on any atom is 0.340 e. The highest BCUT2D eigenvalue weighted by molar-refractivity contribution is 6.02. The number of carbonyl (C=O) groups is 2. The molecule has 0 atom stereocenters. The molecule has 2 rings (SSSR count). The van der Waals surface area contributed by atoms with Gasteiger partial charge in [-0.25, -0.2) is 4.79 Å². The van der Waals surface area contributed by atoms with E-state index in [0.717, 1.165) is 19.4 Å². The van der Waals surface area contributed by atoms with Gasteiger partial charge >= 0.3 is 5.97 Å². The molecular weight excluding hydrogens is 346 g/mol. The number of Topliss-reactive ketones (excluding diaryl/α,β-unsaturated/α-hetero) is 1. The quantitative estimate of drug-likeness (QED) is 0.387. The van der Waals surface area contributed by atoms with Gasteiger partial charge in [0.25, 0.3) is 0 Å². The Morgan fingerprint density at radius 1 is 1.00 bits per heavy atom. The lowest BCUT2D eigenvalue weighted by Crippen LogP contribution is -2.16. The normalized spacial score (nSPS) is 10.2. The molecule has 0 aliphatic heterocycles. The molecule has 2 aromatic carbocycles. The van der Waals surface area contributed by atoms with Crippen LogP contribution in [0.4, 0.5) is 5.69 Å². The topological polar surface area (TPSA) is 73.9 Å². The van der Waals surface area contributed by atoms with Crippen LogP contribution in [-0.4, -0.2) is 39.1 Å². The van der Waals surface area contributed by atoms with E-state index in [4.69, 9.17) is 14.2 Å². The van der Waals surface area contributed by atoms with Crippen molar-refractivity contribution in [2.45, 2.75) is 19.8 Å². The molecule has 0 aliphatic rings. The zero-order valence-electron chi connectivity index (χ0n) is 15.9. The average molecular weight is 371 g/mol. The summed E-state index contributed by atoms with van der Waals surface area (Å²) in [5, 5.41) is 3.23. The summed E-state index contributed by atoms with van der Waals surface area (Å²) in [7, 11) is 3.00. The van der Waals surface area contributed by atoms with Crippen molar-refractivity contribution in [3.8, 4) is 11.5 Å². The van der Waals surface area contributed by atoms with E-state index in [1.54, 1.807) is 30.3 Å². The molecule has 0 bridgehead atoms. The number of hydrogen-bond donors (Lipinski definition) is 1. The van der Waals surface area contributed by atoms with Crippen LogP contribution in [0.2, 0.25) is 0 Å². The number of para-hydroxylation sites is 1. The van der Waals surface area contributed by atoms with Crippen molar-refractivity contribution in [3.05, 3.63) is 53.6 Å². The van der Waals surface area contributed by atoms with Crippen LogP contribution in [0.25, 0.3) is 0 Å². The molecule has 0 aliphatic carbocycles. The Labute approximate surface area is 159 Å². The molecular formula is C21H25NO5. The van der Waals surface area contributed by atoms with Gasteiger partial charge in [-0.05, 0) is 30.7 Å². The summed E-state index contributed by atoms with van der Waals surface area (Å²) in [6, 6.07) is 12.0. The standard InChI is InChI=1S/C21H25NO5/c1-4-5-12-22-18-9-7-6-8-16(18)21(24)27-14-19(23)17-11-10-15(25-2)13-20(17)26-3/h6-11,13,22H,4-5,12,14H2,1-3H3. The molecule has 0 unspecified atom stereocenters.